The number of benzene rings is 2. The second-order valence-corrected chi connectivity index (χ2v) is 6.59. The second-order valence-electron chi connectivity index (χ2n) is 5.39. The van der Waals surface area contributed by atoms with Gasteiger partial charge in [-0.25, -0.2) is 10.4 Å². The summed E-state index contributed by atoms with van der Waals surface area (Å²) in [6, 6.07) is 12.4. The van der Waals surface area contributed by atoms with Crippen molar-refractivity contribution in [2.24, 2.45) is 5.10 Å². The Kier molecular flexibility index (Phi) is 5.23. The molecular formula is C18H12Cl3N3O. The van der Waals surface area contributed by atoms with Crippen LogP contribution in [0.25, 0.3) is 10.9 Å². The fraction of sp³-hybridized carbons (Fsp3) is 0.0556. The maximum absolute atomic E-state index is 12.1. The Labute approximate surface area is 159 Å². The van der Waals surface area contributed by atoms with Gasteiger partial charge in [0.2, 0.25) is 0 Å². The Morgan fingerprint density at radius 1 is 1.12 bits per heavy atom. The highest BCUT2D eigenvalue weighted by Crippen LogP contribution is 2.21. The lowest BCUT2D eigenvalue weighted by atomic mass is 10.1. The zero-order valence-corrected chi connectivity index (χ0v) is 15.3. The molecule has 3 aromatic rings. The molecule has 7 heteroatoms. The number of halogens is 3. The smallest absolute Gasteiger partial charge is 0.267 e. The lowest BCUT2D eigenvalue weighted by molar-refractivity contribution is 0.0955. The van der Waals surface area contributed by atoms with Gasteiger partial charge in [-0.2, -0.15) is 5.10 Å². The molecule has 126 valence electrons. The summed E-state index contributed by atoms with van der Waals surface area (Å²) in [5, 5.41) is 5.86. The SMILES string of the molecule is Cc1ccc2cc(/C=N\NC(=O)c3cc(Cl)ccc3Cl)c(Cl)nc2c1. The van der Waals surface area contributed by atoms with Gasteiger partial charge in [-0.3, -0.25) is 4.79 Å². The van der Waals surface area contributed by atoms with Crippen LogP contribution in [0.5, 0.6) is 0 Å². The van der Waals surface area contributed by atoms with Crippen molar-refractivity contribution >= 4 is 57.8 Å². The molecule has 0 aliphatic carbocycles. The molecule has 0 spiro atoms. The van der Waals surface area contributed by atoms with Crippen molar-refractivity contribution in [2.75, 3.05) is 0 Å². The summed E-state index contributed by atoms with van der Waals surface area (Å²) in [6.07, 6.45) is 1.44. The van der Waals surface area contributed by atoms with Gasteiger partial charge in [-0.15, -0.1) is 0 Å². The molecule has 0 aliphatic rings. The number of hydrogen-bond donors (Lipinski definition) is 1. The molecule has 1 amide bonds. The highest BCUT2D eigenvalue weighted by atomic mass is 35.5. The van der Waals surface area contributed by atoms with Crippen LogP contribution in [0.2, 0.25) is 15.2 Å². The summed E-state index contributed by atoms with van der Waals surface area (Å²) in [5.41, 5.74) is 5.14. The molecule has 0 saturated carbocycles. The molecule has 0 fully saturated rings. The van der Waals surface area contributed by atoms with Gasteiger partial charge in [0.05, 0.1) is 22.3 Å². The first-order valence-corrected chi connectivity index (χ1v) is 8.43. The quantitative estimate of drug-likeness (QED) is 0.375. The Balaban J connectivity index is 1.81. The molecule has 0 unspecified atom stereocenters. The van der Waals surface area contributed by atoms with Gasteiger partial charge in [-0.05, 0) is 42.8 Å². The Morgan fingerprint density at radius 2 is 1.92 bits per heavy atom. The number of fused-ring (bicyclic) bond motifs is 1. The summed E-state index contributed by atoms with van der Waals surface area (Å²) in [5.74, 6) is -0.468. The first-order valence-electron chi connectivity index (χ1n) is 7.29. The summed E-state index contributed by atoms with van der Waals surface area (Å²) >= 11 is 18.0. The van der Waals surface area contributed by atoms with Gasteiger partial charge in [0.25, 0.3) is 5.91 Å². The van der Waals surface area contributed by atoms with E-state index < -0.39 is 5.91 Å². The number of pyridine rings is 1. The Bertz CT molecular complexity index is 1000. The summed E-state index contributed by atoms with van der Waals surface area (Å²) in [7, 11) is 0. The molecule has 1 aromatic heterocycles. The van der Waals surface area contributed by atoms with E-state index in [4.69, 9.17) is 34.8 Å². The highest BCUT2D eigenvalue weighted by molar-refractivity contribution is 6.35. The third kappa shape index (κ3) is 4.10. The van der Waals surface area contributed by atoms with E-state index in [1.165, 1.54) is 12.3 Å². The molecule has 3 rings (SSSR count). The van der Waals surface area contributed by atoms with Crippen molar-refractivity contribution in [3.63, 3.8) is 0 Å². The predicted octanol–water partition coefficient (Wildman–Crippen LogP) is 5.27. The number of aryl methyl sites for hydroxylation is 1. The van der Waals surface area contributed by atoms with Gasteiger partial charge < -0.3 is 0 Å². The molecule has 4 nitrogen and oxygen atoms in total. The van der Waals surface area contributed by atoms with Crippen LogP contribution in [0.1, 0.15) is 21.5 Å². The van der Waals surface area contributed by atoms with Crippen molar-refractivity contribution in [3.8, 4) is 0 Å². The van der Waals surface area contributed by atoms with E-state index in [1.807, 2.05) is 31.2 Å². The maximum atomic E-state index is 12.1. The molecule has 0 atom stereocenters. The average Bonchev–Trinajstić information content (AvgIpc) is 2.57. The van der Waals surface area contributed by atoms with Crippen molar-refractivity contribution in [1.29, 1.82) is 0 Å². The number of hydrogen-bond acceptors (Lipinski definition) is 3. The van der Waals surface area contributed by atoms with Crippen LogP contribution in [-0.2, 0) is 0 Å². The van der Waals surface area contributed by atoms with Crippen molar-refractivity contribution in [2.45, 2.75) is 6.92 Å². The summed E-state index contributed by atoms with van der Waals surface area (Å²) in [4.78, 5) is 16.5. The molecule has 25 heavy (non-hydrogen) atoms. The minimum Gasteiger partial charge on any atom is -0.267 e. The van der Waals surface area contributed by atoms with Crippen LogP contribution in [0.4, 0.5) is 0 Å². The number of nitrogens with one attached hydrogen (secondary N) is 1. The van der Waals surface area contributed by atoms with Crippen molar-refractivity contribution < 1.29 is 4.79 Å². The largest absolute Gasteiger partial charge is 0.272 e. The molecule has 0 aliphatic heterocycles. The number of carbonyl (C=O) groups excluding carboxylic acids is 1. The zero-order valence-electron chi connectivity index (χ0n) is 13.1. The molecule has 1 N–H and O–H groups in total. The van der Waals surface area contributed by atoms with Crippen LogP contribution in [0.3, 0.4) is 0 Å². The van der Waals surface area contributed by atoms with E-state index in [0.29, 0.717) is 15.7 Å². The highest BCUT2D eigenvalue weighted by Gasteiger charge is 2.10. The monoisotopic (exact) mass is 391 g/mol. The lowest BCUT2D eigenvalue weighted by Crippen LogP contribution is -2.18. The second kappa shape index (κ2) is 7.40. The average molecular weight is 393 g/mol. The third-order valence-corrected chi connectivity index (χ3v) is 4.36. The maximum Gasteiger partial charge on any atom is 0.272 e. The van der Waals surface area contributed by atoms with E-state index in [9.17, 15) is 4.79 Å². The van der Waals surface area contributed by atoms with E-state index in [-0.39, 0.29) is 10.6 Å². The van der Waals surface area contributed by atoms with Crippen LogP contribution in [0.15, 0.2) is 47.6 Å². The molecule has 1 heterocycles. The number of carbonyl (C=O) groups is 1. The summed E-state index contributed by atoms with van der Waals surface area (Å²) < 4.78 is 0. The normalized spacial score (nSPS) is 11.2. The van der Waals surface area contributed by atoms with Crippen LogP contribution < -0.4 is 5.43 Å². The molecule has 0 saturated heterocycles. The van der Waals surface area contributed by atoms with E-state index in [2.05, 4.69) is 15.5 Å². The molecule has 0 radical (unpaired) electrons. The van der Waals surface area contributed by atoms with E-state index in [1.54, 1.807) is 12.1 Å². The molecular weight excluding hydrogens is 381 g/mol. The third-order valence-electron chi connectivity index (χ3n) is 3.50. The summed E-state index contributed by atoms with van der Waals surface area (Å²) in [6.45, 7) is 1.99. The van der Waals surface area contributed by atoms with Crippen molar-refractivity contribution in [3.05, 3.63) is 74.4 Å². The van der Waals surface area contributed by atoms with Crippen LogP contribution in [-0.4, -0.2) is 17.1 Å². The number of amides is 1. The van der Waals surface area contributed by atoms with E-state index >= 15 is 0 Å². The fourth-order valence-electron chi connectivity index (χ4n) is 2.25. The zero-order chi connectivity index (χ0) is 18.0. The van der Waals surface area contributed by atoms with E-state index in [0.717, 1.165) is 16.5 Å². The number of aromatic nitrogens is 1. The van der Waals surface area contributed by atoms with Gasteiger partial charge in [0, 0.05) is 16.0 Å². The standard InChI is InChI=1S/C18H12Cl3N3O/c1-10-2-3-11-7-12(17(21)23-16(11)6-10)9-22-24-18(25)14-8-13(19)4-5-15(14)20/h2-9H,1H3,(H,24,25)/b22-9-. The number of rotatable bonds is 3. The van der Waals surface area contributed by atoms with Gasteiger partial charge in [-0.1, -0.05) is 46.9 Å². The Hall–Kier alpha value is -2.14. The van der Waals surface area contributed by atoms with Gasteiger partial charge >= 0.3 is 0 Å². The van der Waals surface area contributed by atoms with Gasteiger partial charge in [0.1, 0.15) is 5.15 Å². The van der Waals surface area contributed by atoms with Crippen molar-refractivity contribution in [1.82, 2.24) is 10.4 Å². The predicted molar refractivity (Wildman–Crippen MR) is 103 cm³/mol. The minimum absolute atomic E-state index is 0.240. The topological polar surface area (TPSA) is 54.4 Å². The van der Waals surface area contributed by atoms with Crippen LogP contribution in [0, 0.1) is 6.92 Å². The first kappa shape index (κ1) is 17.7. The minimum atomic E-state index is -0.468. The first-order chi connectivity index (χ1) is 11.9. The number of nitrogens with zero attached hydrogens (tertiary/aromatic N) is 2. The number of hydrazone groups is 1. The van der Waals surface area contributed by atoms with Gasteiger partial charge in [0.15, 0.2) is 0 Å². The Morgan fingerprint density at radius 3 is 2.72 bits per heavy atom. The lowest BCUT2D eigenvalue weighted by Gasteiger charge is -2.04. The fourth-order valence-corrected chi connectivity index (χ4v) is 2.82. The van der Waals surface area contributed by atoms with Crippen LogP contribution >= 0.6 is 34.8 Å². The molecule has 0 bridgehead atoms. The molecule has 2 aromatic carbocycles.